The Labute approximate surface area is 92.1 Å². The van der Waals surface area contributed by atoms with Crippen molar-refractivity contribution >= 4 is 6.29 Å². The van der Waals surface area contributed by atoms with Crippen molar-refractivity contribution in [1.29, 1.82) is 0 Å². The molecule has 4 atom stereocenters. The zero-order valence-electron chi connectivity index (χ0n) is 9.24. The van der Waals surface area contributed by atoms with Crippen molar-refractivity contribution in [2.75, 3.05) is 0 Å². The van der Waals surface area contributed by atoms with Crippen molar-refractivity contribution in [1.82, 2.24) is 5.32 Å². The monoisotopic (exact) mass is 206 g/mol. The lowest BCUT2D eigenvalue weighted by Crippen LogP contribution is -2.52. The first-order valence-corrected chi connectivity index (χ1v) is 6.09. The molecule has 0 bridgehead atoms. The molecule has 4 unspecified atom stereocenters. The topological polar surface area (TPSA) is 29.1 Å². The Hall–Kier alpha value is -0.630. The van der Waals surface area contributed by atoms with E-state index in [1.54, 1.807) is 0 Å². The SMILES string of the molecule is C=CCC1NC([C]=O)CC2CCCCC21. The Bertz CT molecular complexity index is 239. The number of piperidine rings is 1. The highest BCUT2D eigenvalue weighted by atomic mass is 16.1. The molecular formula is C13H20NO. The Morgan fingerprint density at radius 2 is 2.20 bits per heavy atom. The minimum atomic E-state index is -0.0331. The summed E-state index contributed by atoms with van der Waals surface area (Å²) in [6.45, 7) is 3.80. The van der Waals surface area contributed by atoms with Crippen molar-refractivity contribution in [3.05, 3.63) is 12.7 Å². The fourth-order valence-electron chi connectivity index (χ4n) is 3.32. The lowest BCUT2D eigenvalue weighted by atomic mass is 9.69. The van der Waals surface area contributed by atoms with Crippen LogP contribution in [0.1, 0.15) is 38.5 Å². The third-order valence-electron chi connectivity index (χ3n) is 4.00. The van der Waals surface area contributed by atoms with E-state index in [4.69, 9.17) is 0 Å². The second-order valence-corrected chi connectivity index (χ2v) is 4.91. The van der Waals surface area contributed by atoms with E-state index in [0.29, 0.717) is 6.04 Å². The Morgan fingerprint density at radius 3 is 2.93 bits per heavy atom. The molecular weight excluding hydrogens is 186 g/mol. The molecule has 1 saturated heterocycles. The van der Waals surface area contributed by atoms with Crippen LogP contribution >= 0.6 is 0 Å². The molecule has 1 saturated carbocycles. The molecule has 0 aromatic rings. The first kappa shape index (κ1) is 10.9. The van der Waals surface area contributed by atoms with E-state index in [0.717, 1.165) is 24.7 Å². The summed E-state index contributed by atoms with van der Waals surface area (Å²) in [5.41, 5.74) is 0. The first-order chi connectivity index (χ1) is 7.35. The molecule has 2 rings (SSSR count). The van der Waals surface area contributed by atoms with E-state index in [2.05, 4.69) is 18.2 Å². The van der Waals surface area contributed by atoms with Crippen LogP contribution in [0.2, 0.25) is 0 Å². The van der Waals surface area contributed by atoms with Gasteiger partial charge in [0.25, 0.3) is 0 Å². The van der Waals surface area contributed by atoms with Crippen LogP contribution in [0, 0.1) is 11.8 Å². The molecule has 0 amide bonds. The fraction of sp³-hybridized carbons (Fsp3) is 0.769. The highest BCUT2D eigenvalue weighted by molar-refractivity contribution is 5.58. The summed E-state index contributed by atoms with van der Waals surface area (Å²) >= 11 is 0. The Kier molecular flexibility index (Phi) is 3.57. The van der Waals surface area contributed by atoms with Gasteiger partial charge in [0.2, 0.25) is 6.29 Å². The number of carbonyl (C=O) groups excluding carboxylic acids is 1. The average Bonchev–Trinajstić information content (AvgIpc) is 2.29. The molecule has 15 heavy (non-hydrogen) atoms. The molecule has 0 aromatic carbocycles. The fourth-order valence-corrected chi connectivity index (χ4v) is 3.32. The van der Waals surface area contributed by atoms with E-state index in [1.165, 1.54) is 25.7 Å². The minimum absolute atomic E-state index is 0.0331. The summed E-state index contributed by atoms with van der Waals surface area (Å²) in [5.74, 6) is 1.51. The molecule has 83 valence electrons. The smallest absolute Gasteiger partial charge is 0.216 e. The molecule has 2 fully saturated rings. The van der Waals surface area contributed by atoms with Crippen LogP contribution in [-0.4, -0.2) is 18.4 Å². The van der Waals surface area contributed by atoms with Gasteiger partial charge in [0, 0.05) is 6.04 Å². The van der Waals surface area contributed by atoms with Crippen molar-refractivity contribution in [2.45, 2.75) is 50.6 Å². The number of hydrogen-bond acceptors (Lipinski definition) is 2. The third kappa shape index (κ3) is 2.31. The molecule has 1 aliphatic heterocycles. The molecule has 0 aromatic heterocycles. The standard InChI is InChI=1S/C13H20NO/c1-2-5-13-12-7-4-3-6-10(12)8-11(9-15)14-13/h2,10-14H,1,3-8H2. The highest BCUT2D eigenvalue weighted by Gasteiger charge is 2.37. The van der Waals surface area contributed by atoms with Crippen molar-refractivity contribution in [2.24, 2.45) is 11.8 Å². The van der Waals surface area contributed by atoms with E-state index >= 15 is 0 Å². The zero-order valence-corrected chi connectivity index (χ0v) is 9.24. The van der Waals surface area contributed by atoms with Gasteiger partial charge in [0.15, 0.2) is 0 Å². The molecule has 1 heterocycles. The van der Waals surface area contributed by atoms with Gasteiger partial charge in [0.1, 0.15) is 0 Å². The van der Waals surface area contributed by atoms with E-state index in [9.17, 15) is 4.79 Å². The summed E-state index contributed by atoms with van der Waals surface area (Å²) in [6.07, 6.45) is 11.4. The molecule has 1 N–H and O–H groups in total. The normalized spacial score (nSPS) is 40.5. The Morgan fingerprint density at radius 1 is 1.40 bits per heavy atom. The van der Waals surface area contributed by atoms with Crippen LogP contribution in [0.5, 0.6) is 0 Å². The summed E-state index contributed by atoms with van der Waals surface area (Å²) in [5, 5.41) is 3.41. The lowest BCUT2D eigenvalue weighted by molar-refractivity contribution is 0.121. The van der Waals surface area contributed by atoms with Crippen LogP contribution in [0.15, 0.2) is 12.7 Å². The summed E-state index contributed by atoms with van der Waals surface area (Å²) in [6, 6.07) is 0.433. The van der Waals surface area contributed by atoms with Crippen LogP contribution in [-0.2, 0) is 4.79 Å². The van der Waals surface area contributed by atoms with Gasteiger partial charge in [-0.3, -0.25) is 4.79 Å². The van der Waals surface area contributed by atoms with Gasteiger partial charge in [-0.2, -0.15) is 0 Å². The maximum absolute atomic E-state index is 10.8. The van der Waals surface area contributed by atoms with Gasteiger partial charge in [-0.05, 0) is 31.1 Å². The van der Waals surface area contributed by atoms with Gasteiger partial charge in [-0.25, -0.2) is 0 Å². The van der Waals surface area contributed by atoms with Crippen LogP contribution in [0.4, 0.5) is 0 Å². The van der Waals surface area contributed by atoms with Gasteiger partial charge in [-0.15, -0.1) is 6.58 Å². The quantitative estimate of drug-likeness (QED) is 0.717. The minimum Gasteiger partial charge on any atom is -0.304 e. The van der Waals surface area contributed by atoms with Crippen molar-refractivity contribution in [3.63, 3.8) is 0 Å². The predicted molar refractivity (Wildman–Crippen MR) is 61.3 cm³/mol. The third-order valence-corrected chi connectivity index (χ3v) is 4.00. The largest absolute Gasteiger partial charge is 0.304 e. The summed E-state index contributed by atoms with van der Waals surface area (Å²) in [4.78, 5) is 10.8. The van der Waals surface area contributed by atoms with Crippen LogP contribution in [0.25, 0.3) is 0 Å². The maximum atomic E-state index is 10.8. The van der Waals surface area contributed by atoms with Gasteiger partial charge in [0.05, 0.1) is 6.04 Å². The van der Waals surface area contributed by atoms with Crippen LogP contribution in [0.3, 0.4) is 0 Å². The number of nitrogens with one attached hydrogen (secondary N) is 1. The van der Waals surface area contributed by atoms with Gasteiger partial charge in [-0.1, -0.05) is 25.3 Å². The zero-order chi connectivity index (χ0) is 10.7. The average molecular weight is 206 g/mol. The molecule has 2 aliphatic rings. The first-order valence-electron chi connectivity index (χ1n) is 6.09. The second kappa shape index (κ2) is 4.93. The van der Waals surface area contributed by atoms with Crippen LogP contribution < -0.4 is 5.32 Å². The molecule has 2 heteroatoms. The van der Waals surface area contributed by atoms with E-state index in [-0.39, 0.29) is 6.04 Å². The van der Waals surface area contributed by atoms with Crippen molar-refractivity contribution < 1.29 is 4.79 Å². The van der Waals surface area contributed by atoms with Crippen molar-refractivity contribution in [3.8, 4) is 0 Å². The second-order valence-electron chi connectivity index (χ2n) is 4.91. The Balaban J connectivity index is 2.05. The molecule has 1 radical (unpaired) electrons. The lowest BCUT2D eigenvalue weighted by Gasteiger charge is -2.43. The summed E-state index contributed by atoms with van der Waals surface area (Å²) in [7, 11) is 0. The molecule has 0 spiro atoms. The van der Waals surface area contributed by atoms with E-state index < -0.39 is 0 Å². The van der Waals surface area contributed by atoms with E-state index in [1.807, 2.05) is 6.08 Å². The van der Waals surface area contributed by atoms with Gasteiger partial charge >= 0.3 is 0 Å². The molecule has 2 nitrogen and oxygen atoms in total. The maximum Gasteiger partial charge on any atom is 0.216 e. The van der Waals surface area contributed by atoms with Gasteiger partial charge < -0.3 is 5.32 Å². The number of fused-ring (bicyclic) bond motifs is 1. The summed E-state index contributed by atoms with van der Waals surface area (Å²) < 4.78 is 0. The highest BCUT2D eigenvalue weighted by Crippen LogP contribution is 2.39. The molecule has 1 aliphatic carbocycles. The number of rotatable bonds is 3. The number of hydrogen-bond donors (Lipinski definition) is 1. The predicted octanol–water partition coefficient (Wildman–Crippen LogP) is 2.21.